The number of carbonyl (C=O) groups is 4. The highest BCUT2D eigenvalue weighted by Crippen LogP contribution is 2.13. The number of carboxylic acids is 1. The van der Waals surface area contributed by atoms with Crippen molar-refractivity contribution in [2.75, 3.05) is 11.5 Å². The van der Waals surface area contributed by atoms with Crippen LogP contribution in [0.2, 0.25) is 0 Å². The van der Waals surface area contributed by atoms with Gasteiger partial charge >= 0.3 is 5.97 Å². The Hall–Kier alpha value is -2.55. The molecule has 34 heavy (non-hydrogen) atoms. The minimum absolute atomic E-state index is 0.00499. The molecule has 0 saturated carbocycles. The van der Waals surface area contributed by atoms with Crippen molar-refractivity contribution in [1.82, 2.24) is 10.6 Å². The van der Waals surface area contributed by atoms with Gasteiger partial charge in [-0.05, 0) is 59.8 Å². The lowest BCUT2D eigenvalue weighted by atomic mass is 10.1. The summed E-state index contributed by atoms with van der Waals surface area (Å²) >= 11 is 1.40. The summed E-state index contributed by atoms with van der Waals surface area (Å²) < 4.78 is 0. The maximum Gasteiger partial charge on any atom is 0.327 e. The largest absolute Gasteiger partial charge is 0.480 e. The molecule has 0 radical (unpaired) electrons. The second-order valence-corrected chi connectivity index (χ2v) is 9.73. The number of nitrogens with two attached hydrogens (primary N) is 1. The zero-order valence-corrected chi connectivity index (χ0v) is 21.9. The van der Waals surface area contributed by atoms with Gasteiger partial charge in [0.15, 0.2) is 0 Å². The zero-order chi connectivity index (χ0) is 26.1. The van der Waals surface area contributed by atoms with E-state index in [2.05, 4.69) is 56.6 Å². The van der Waals surface area contributed by atoms with Crippen LogP contribution < -0.4 is 16.4 Å². The van der Waals surface area contributed by atoms with Gasteiger partial charge in [-0.2, -0.15) is 11.8 Å². The molecule has 0 unspecified atom stereocenters. The molecule has 0 aromatic rings. The van der Waals surface area contributed by atoms with Crippen LogP contribution >= 0.6 is 11.8 Å². The number of hydrogen-bond donors (Lipinski definition) is 4. The molecule has 9 heteroatoms. The van der Waals surface area contributed by atoms with Gasteiger partial charge in [-0.25, -0.2) is 4.79 Å². The Labute approximate surface area is 207 Å². The first-order valence-electron chi connectivity index (χ1n) is 11.5. The number of primary amides is 1. The van der Waals surface area contributed by atoms with Gasteiger partial charge in [0, 0.05) is 24.9 Å². The highest BCUT2D eigenvalue weighted by Gasteiger charge is 2.26. The SMILES string of the molecule is CC(=O)N[C@H](CCC(N)=O)C(=O)N[C@@H](CSCC=C(C)CCC=C(C)CCC=C(C)C)C(=O)O. The summed E-state index contributed by atoms with van der Waals surface area (Å²) in [7, 11) is 0. The first-order chi connectivity index (χ1) is 15.9. The van der Waals surface area contributed by atoms with Crippen LogP contribution in [0.4, 0.5) is 0 Å². The fraction of sp³-hybridized carbons (Fsp3) is 0.600. The van der Waals surface area contributed by atoms with E-state index in [9.17, 15) is 24.3 Å². The molecule has 0 bridgehead atoms. The minimum atomic E-state index is -1.16. The summed E-state index contributed by atoms with van der Waals surface area (Å²) in [6.45, 7) is 9.66. The molecule has 0 spiro atoms. The van der Waals surface area contributed by atoms with Crippen molar-refractivity contribution in [3.63, 3.8) is 0 Å². The molecule has 0 aromatic heterocycles. The van der Waals surface area contributed by atoms with Crippen LogP contribution in [-0.4, -0.2) is 52.4 Å². The average molecular weight is 496 g/mol. The molecular weight excluding hydrogens is 454 g/mol. The summed E-state index contributed by atoms with van der Waals surface area (Å²) in [4.78, 5) is 46.4. The van der Waals surface area contributed by atoms with Crippen LogP contribution in [0.25, 0.3) is 0 Å². The highest BCUT2D eigenvalue weighted by atomic mass is 32.2. The predicted molar refractivity (Wildman–Crippen MR) is 138 cm³/mol. The van der Waals surface area contributed by atoms with Gasteiger partial charge in [0.05, 0.1) is 0 Å². The van der Waals surface area contributed by atoms with Gasteiger partial charge in [0.1, 0.15) is 12.1 Å². The normalized spacial score (nSPS) is 13.6. The van der Waals surface area contributed by atoms with Crippen LogP contribution in [-0.2, 0) is 19.2 Å². The monoisotopic (exact) mass is 495 g/mol. The number of rotatable bonds is 17. The van der Waals surface area contributed by atoms with E-state index in [1.165, 1.54) is 35.4 Å². The van der Waals surface area contributed by atoms with E-state index in [1.54, 1.807) is 0 Å². The van der Waals surface area contributed by atoms with Crippen molar-refractivity contribution in [2.45, 2.75) is 85.2 Å². The highest BCUT2D eigenvalue weighted by molar-refractivity contribution is 7.99. The number of hydrogen-bond acceptors (Lipinski definition) is 5. The van der Waals surface area contributed by atoms with E-state index < -0.39 is 35.8 Å². The van der Waals surface area contributed by atoms with Crippen molar-refractivity contribution < 1.29 is 24.3 Å². The Bertz CT molecular complexity index is 785. The fourth-order valence-corrected chi connectivity index (χ4v) is 3.97. The van der Waals surface area contributed by atoms with E-state index in [1.807, 2.05) is 0 Å². The second-order valence-electron chi connectivity index (χ2n) is 8.65. The molecule has 0 aromatic carbocycles. The Morgan fingerprint density at radius 2 is 1.44 bits per heavy atom. The summed E-state index contributed by atoms with van der Waals surface area (Å²) in [5.74, 6) is -2.06. The first-order valence-corrected chi connectivity index (χ1v) is 12.7. The lowest BCUT2D eigenvalue weighted by Crippen LogP contribution is -2.52. The number of carboxylic acid groups (broad SMARTS) is 1. The van der Waals surface area contributed by atoms with Gasteiger partial charge in [0.2, 0.25) is 17.7 Å². The number of thioether (sulfide) groups is 1. The Kier molecular flexibility index (Phi) is 16.5. The number of aliphatic carboxylic acids is 1. The number of allylic oxidation sites excluding steroid dienone is 5. The van der Waals surface area contributed by atoms with Crippen molar-refractivity contribution >= 4 is 35.5 Å². The van der Waals surface area contributed by atoms with Gasteiger partial charge in [-0.15, -0.1) is 0 Å². The quantitative estimate of drug-likeness (QED) is 0.180. The molecule has 0 heterocycles. The third kappa shape index (κ3) is 17.0. The topological polar surface area (TPSA) is 139 Å². The summed E-state index contributed by atoms with van der Waals surface area (Å²) in [5, 5.41) is 14.3. The summed E-state index contributed by atoms with van der Waals surface area (Å²) in [6, 6.07) is -2.13. The fourth-order valence-electron chi connectivity index (χ4n) is 2.97. The second kappa shape index (κ2) is 17.9. The van der Waals surface area contributed by atoms with Gasteiger partial charge in [-0.3, -0.25) is 14.4 Å². The lowest BCUT2D eigenvalue weighted by Gasteiger charge is -2.20. The van der Waals surface area contributed by atoms with Crippen LogP contribution in [0.1, 0.15) is 73.1 Å². The molecular formula is C25H41N3O5S. The number of nitrogens with one attached hydrogen (secondary N) is 2. The molecule has 192 valence electrons. The smallest absolute Gasteiger partial charge is 0.327 e. The molecule has 0 rings (SSSR count). The Balaban J connectivity index is 4.59. The molecule has 0 aliphatic rings. The van der Waals surface area contributed by atoms with Crippen molar-refractivity contribution in [1.29, 1.82) is 0 Å². The van der Waals surface area contributed by atoms with E-state index in [0.717, 1.165) is 25.7 Å². The maximum absolute atomic E-state index is 12.4. The minimum Gasteiger partial charge on any atom is -0.480 e. The summed E-state index contributed by atoms with van der Waals surface area (Å²) in [6.07, 6.45) is 10.5. The molecule has 2 atom stereocenters. The van der Waals surface area contributed by atoms with E-state index in [4.69, 9.17) is 5.73 Å². The first kappa shape index (κ1) is 31.4. The van der Waals surface area contributed by atoms with Gasteiger partial charge in [-0.1, -0.05) is 34.9 Å². The van der Waals surface area contributed by atoms with Crippen molar-refractivity contribution in [3.05, 3.63) is 34.9 Å². The summed E-state index contributed by atoms with van der Waals surface area (Å²) in [5.41, 5.74) is 9.06. The average Bonchev–Trinajstić information content (AvgIpc) is 2.72. The van der Waals surface area contributed by atoms with Crippen molar-refractivity contribution in [3.8, 4) is 0 Å². The predicted octanol–water partition coefficient (Wildman–Crippen LogP) is 3.48. The van der Waals surface area contributed by atoms with Crippen LogP contribution in [0, 0.1) is 0 Å². The third-order valence-corrected chi connectivity index (χ3v) is 5.92. The van der Waals surface area contributed by atoms with E-state index >= 15 is 0 Å². The van der Waals surface area contributed by atoms with Gasteiger partial charge in [0.25, 0.3) is 0 Å². The molecule has 0 fully saturated rings. The molecule has 0 aliphatic carbocycles. The lowest BCUT2D eigenvalue weighted by molar-refractivity contribution is -0.141. The van der Waals surface area contributed by atoms with Crippen LogP contribution in [0.15, 0.2) is 34.9 Å². The zero-order valence-electron chi connectivity index (χ0n) is 21.1. The van der Waals surface area contributed by atoms with Crippen LogP contribution in [0.5, 0.6) is 0 Å². The van der Waals surface area contributed by atoms with Crippen molar-refractivity contribution in [2.24, 2.45) is 5.73 Å². The molecule has 3 amide bonds. The third-order valence-electron chi connectivity index (χ3n) is 4.94. The Morgan fingerprint density at radius 3 is 1.97 bits per heavy atom. The number of carbonyl (C=O) groups excluding carboxylic acids is 3. The van der Waals surface area contributed by atoms with Gasteiger partial charge < -0.3 is 21.5 Å². The van der Waals surface area contributed by atoms with E-state index in [-0.39, 0.29) is 18.6 Å². The Morgan fingerprint density at radius 1 is 0.853 bits per heavy atom. The maximum atomic E-state index is 12.4. The molecule has 0 saturated heterocycles. The standard InChI is InChI=1S/C25H41N3O5S/c1-17(2)8-6-9-18(3)10-7-11-19(4)14-15-34-16-22(25(32)33)28-24(31)21(27-20(5)29)12-13-23(26)30/h8,10,14,21-22H,6-7,9,11-13,15-16H2,1-5H3,(H2,26,30)(H,27,29)(H,28,31)(H,32,33)/t21-,22+/m1/s1. The van der Waals surface area contributed by atoms with Crippen LogP contribution in [0.3, 0.4) is 0 Å². The molecule has 0 aliphatic heterocycles. The molecule has 5 N–H and O–H groups in total. The van der Waals surface area contributed by atoms with E-state index in [0.29, 0.717) is 5.75 Å². The molecule has 8 nitrogen and oxygen atoms in total. The number of amides is 3.